The van der Waals surface area contributed by atoms with Crippen molar-refractivity contribution in [3.8, 4) is 0 Å². The lowest BCUT2D eigenvalue weighted by atomic mass is 10.1. The fraction of sp³-hybridized carbons (Fsp3) is 0.357. The highest BCUT2D eigenvalue weighted by molar-refractivity contribution is 9.10. The highest BCUT2D eigenvalue weighted by Crippen LogP contribution is 2.22. The summed E-state index contributed by atoms with van der Waals surface area (Å²) in [6, 6.07) is 8.30. The van der Waals surface area contributed by atoms with E-state index in [9.17, 15) is 0 Å². The molecule has 0 spiro atoms. The molecule has 0 saturated heterocycles. The molecule has 0 N–H and O–H groups in total. The Morgan fingerprint density at radius 2 is 2.17 bits per heavy atom. The monoisotopic (exact) mass is 326 g/mol. The standard InChI is InChI=1S/C14H16BrClN2/c1-10(2)14-12(7-16)8-17-18(14)9-11-4-3-5-13(15)6-11/h3-6,8,10H,7,9H2,1-2H3. The molecule has 0 amide bonds. The Balaban J connectivity index is 2.32. The van der Waals surface area contributed by atoms with Crippen LogP contribution in [-0.2, 0) is 12.4 Å². The minimum absolute atomic E-state index is 0.424. The molecule has 0 radical (unpaired) electrons. The number of hydrogen-bond acceptors (Lipinski definition) is 1. The molecular weight excluding hydrogens is 312 g/mol. The molecule has 0 saturated carbocycles. The summed E-state index contributed by atoms with van der Waals surface area (Å²) in [5, 5.41) is 4.45. The summed E-state index contributed by atoms with van der Waals surface area (Å²) >= 11 is 9.45. The summed E-state index contributed by atoms with van der Waals surface area (Å²) in [7, 11) is 0. The van der Waals surface area contributed by atoms with E-state index in [0.717, 1.165) is 16.6 Å². The van der Waals surface area contributed by atoms with Gasteiger partial charge in [-0.05, 0) is 23.6 Å². The molecule has 0 aliphatic heterocycles. The second-order valence-electron chi connectivity index (χ2n) is 4.63. The predicted molar refractivity (Wildman–Crippen MR) is 79.1 cm³/mol. The first-order valence-corrected chi connectivity index (χ1v) is 7.29. The normalized spacial score (nSPS) is 11.2. The molecule has 96 valence electrons. The maximum atomic E-state index is 5.96. The molecule has 2 aromatic rings. The molecule has 1 aromatic heterocycles. The van der Waals surface area contributed by atoms with Crippen molar-refractivity contribution in [1.82, 2.24) is 9.78 Å². The van der Waals surface area contributed by atoms with E-state index in [0.29, 0.717) is 11.8 Å². The van der Waals surface area contributed by atoms with Gasteiger partial charge in [0, 0.05) is 15.7 Å². The zero-order valence-corrected chi connectivity index (χ0v) is 12.9. The van der Waals surface area contributed by atoms with Gasteiger partial charge in [0.05, 0.1) is 18.6 Å². The van der Waals surface area contributed by atoms with Crippen LogP contribution in [0.25, 0.3) is 0 Å². The summed E-state index contributed by atoms with van der Waals surface area (Å²) in [6.07, 6.45) is 1.88. The van der Waals surface area contributed by atoms with Gasteiger partial charge in [-0.15, -0.1) is 11.6 Å². The summed E-state index contributed by atoms with van der Waals surface area (Å²) < 4.78 is 3.14. The second kappa shape index (κ2) is 5.89. The van der Waals surface area contributed by atoms with Crippen molar-refractivity contribution in [2.75, 3.05) is 0 Å². The smallest absolute Gasteiger partial charge is 0.0663 e. The lowest BCUT2D eigenvalue weighted by Gasteiger charge is -2.12. The minimum Gasteiger partial charge on any atom is -0.265 e. The minimum atomic E-state index is 0.424. The summed E-state index contributed by atoms with van der Waals surface area (Å²) in [4.78, 5) is 0. The lowest BCUT2D eigenvalue weighted by Crippen LogP contribution is -2.08. The Morgan fingerprint density at radius 3 is 2.78 bits per heavy atom. The van der Waals surface area contributed by atoms with Gasteiger partial charge in [-0.25, -0.2) is 0 Å². The van der Waals surface area contributed by atoms with Gasteiger partial charge in [-0.3, -0.25) is 4.68 Å². The van der Waals surface area contributed by atoms with Gasteiger partial charge in [0.15, 0.2) is 0 Å². The molecule has 0 aliphatic rings. The molecule has 0 aliphatic carbocycles. The summed E-state index contributed by atoms with van der Waals surface area (Å²) in [6.45, 7) is 5.12. The Hall–Kier alpha value is -0.800. The van der Waals surface area contributed by atoms with Crippen molar-refractivity contribution >= 4 is 27.5 Å². The maximum Gasteiger partial charge on any atom is 0.0663 e. The van der Waals surface area contributed by atoms with Gasteiger partial charge in [-0.2, -0.15) is 5.10 Å². The first kappa shape index (κ1) is 13.6. The second-order valence-corrected chi connectivity index (χ2v) is 5.81. The highest BCUT2D eigenvalue weighted by Gasteiger charge is 2.13. The predicted octanol–water partition coefficient (Wildman–Crippen LogP) is 4.56. The third kappa shape index (κ3) is 2.96. The molecule has 4 heteroatoms. The fourth-order valence-corrected chi connectivity index (χ4v) is 2.79. The first-order chi connectivity index (χ1) is 8.61. The zero-order valence-electron chi connectivity index (χ0n) is 10.5. The SMILES string of the molecule is CC(C)c1c(CCl)cnn1Cc1cccc(Br)c1. The van der Waals surface area contributed by atoms with E-state index in [1.165, 1.54) is 11.3 Å². The van der Waals surface area contributed by atoms with Crippen LogP contribution in [0.15, 0.2) is 34.9 Å². The van der Waals surface area contributed by atoms with Gasteiger partial charge in [0.2, 0.25) is 0 Å². The maximum absolute atomic E-state index is 5.96. The van der Waals surface area contributed by atoms with Crippen LogP contribution in [0.5, 0.6) is 0 Å². The number of aromatic nitrogens is 2. The molecule has 1 aromatic carbocycles. The zero-order chi connectivity index (χ0) is 13.1. The topological polar surface area (TPSA) is 17.8 Å². The number of rotatable bonds is 4. The van der Waals surface area contributed by atoms with Gasteiger partial charge < -0.3 is 0 Å². The summed E-state index contributed by atoms with van der Waals surface area (Å²) in [5.74, 6) is 0.944. The molecule has 2 rings (SSSR count). The first-order valence-electron chi connectivity index (χ1n) is 5.96. The van der Waals surface area contributed by atoms with Gasteiger partial charge >= 0.3 is 0 Å². The number of nitrogens with zero attached hydrogens (tertiary/aromatic N) is 2. The van der Waals surface area contributed by atoms with Crippen LogP contribution in [0.1, 0.15) is 36.6 Å². The van der Waals surface area contributed by atoms with Crippen molar-refractivity contribution in [3.63, 3.8) is 0 Å². The molecule has 0 unspecified atom stereocenters. The van der Waals surface area contributed by atoms with Crippen molar-refractivity contribution in [3.05, 3.63) is 51.8 Å². The van der Waals surface area contributed by atoms with Crippen molar-refractivity contribution < 1.29 is 0 Å². The van der Waals surface area contributed by atoms with E-state index in [4.69, 9.17) is 11.6 Å². The van der Waals surface area contributed by atoms with E-state index in [1.807, 2.05) is 23.0 Å². The fourth-order valence-electron chi connectivity index (χ4n) is 2.14. The van der Waals surface area contributed by atoms with E-state index < -0.39 is 0 Å². The molecule has 0 bridgehead atoms. The van der Waals surface area contributed by atoms with Crippen LogP contribution in [0, 0.1) is 0 Å². The van der Waals surface area contributed by atoms with E-state index in [2.05, 4.69) is 47.0 Å². The number of alkyl halides is 1. The Kier molecular flexibility index (Phi) is 4.46. The van der Waals surface area contributed by atoms with E-state index in [-0.39, 0.29) is 0 Å². The Labute approximate surface area is 121 Å². The van der Waals surface area contributed by atoms with Crippen LogP contribution >= 0.6 is 27.5 Å². The molecule has 2 nitrogen and oxygen atoms in total. The van der Waals surface area contributed by atoms with Crippen molar-refractivity contribution in [1.29, 1.82) is 0 Å². The average Bonchev–Trinajstić information content (AvgIpc) is 2.72. The molecule has 0 fully saturated rings. The highest BCUT2D eigenvalue weighted by atomic mass is 79.9. The quantitative estimate of drug-likeness (QED) is 0.753. The number of hydrogen-bond donors (Lipinski definition) is 0. The number of halogens is 2. The van der Waals surface area contributed by atoms with Crippen LogP contribution in [0.3, 0.4) is 0 Å². The third-order valence-electron chi connectivity index (χ3n) is 2.87. The molecule has 0 atom stereocenters. The van der Waals surface area contributed by atoms with E-state index in [1.54, 1.807) is 0 Å². The Morgan fingerprint density at radius 1 is 1.39 bits per heavy atom. The summed E-state index contributed by atoms with van der Waals surface area (Å²) in [5.41, 5.74) is 3.59. The van der Waals surface area contributed by atoms with Crippen molar-refractivity contribution in [2.45, 2.75) is 32.2 Å². The van der Waals surface area contributed by atoms with Crippen LogP contribution < -0.4 is 0 Å². The molecule has 18 heavy (non-hydrogen) atoms. The Bertz CT molecular complexity index is 534. The van der Waals surface area contributed by atoms with Gasteiger partial charge in [0.25, 0.3) is 0 Å². The van der Waals surface area contributed by atoms with Gasteiger partial charge in [0.1, 0.15) is 0 Å². The molecule has 1 heterocycles. The average molecular weight is 328 g/mol. The van der Waals surface area contributed by atoms with Crippen molar-refractivity contribution in [2.24, 2.45) is 0 Å². The lowest BCUT2D eigenvalue weighted by molar-refractivity contribution is 0.615. The largest absolute Gasteiger partial charge is 0.265 e. The molecular formula is C14H16BrClN2. The van der Waals surface area contributed by atoms with Crippen LogP contribution in [0.4, 0.5) is 0 Å². The van der Waals surface area contributed by atoms with Crippen LogP contribution in [-0.4, -0.2) is 9.78 Å². The van der Waals surface area contributed by atoms with E-state index >= 15 is 0 Å². The van der Waals surface area contributed by atoms with Crippen LogP contribution in [0.2, 0.25) is 0 Å². The number of benzene rings is 1. The van der Waals surface area contributed by atoms with Gasteiger partial charge in [-0.1, -0.05) is 41.9 Å². The third-order valence-corrected chi connectivity index (χ3v) is 3.65.